The molecule has 8 heteroatoms. The van der Waals surface area contributed by atoms with E-state index in [1.807, 2.05) is 78.9 Å². The van der Waals surface area contributed by atoms with Crippen LogP contribution in [0.5, 0.6) is 5.75 Å². The highest BCUT2D eigenvalue weighted by molar-refractivity contribution is 7.98. The third kappa shape index (κ3) is 6.27. The van der Waals surface area contributed by atoms with Gasteiger partial charge in [0, 0.05) is 42.4 Å². The molecule has 0 atom stereocenters. The molecule has 5 aromatic rings. The fourth-order valence-corrected chi connectivity index (χ4v) is 4.89. The number of amides is 1. The normalized spacial score (nSPS) is 10.8. The Balaban J connectivity index is 1.29. The summed E-state index contributed by atoms with van der Waals surface area (Å²) in [5.74, 6) is 2.25. The van der Waals surface area contributed by atoms with Gasteiger partial charge in [-0.2, -0.15) is 0 Å². The Bertz CT molecular complexity index is 1470. The first kappa shape index (κ1) is 25.2. The first-order valence-electron chi connectivity index (χ1n) is 12.2. The number of benzene rings is 3. The molecule has 0 saturated carbocycles. The minimum absolute atomic E-state index is 0.106. The van der Waals surface area contributed by atoms with Crippen molar-refractivity contribution in [3.05, 3.63) is 131 Å². The Kier molecular flexibility index (Phi) is 8.10. The van der Waals surface area contributed by atoms with Crippen molar-refractivity contribution in [2.75, 3.05) is 7.11 Å². The average molecular weight is 522 g/mol. The van der Waals surface area contributed by atoms with Crippen LogP contribution in [0.15, 0.2) is 109 Å². The molecular weight excluding hydrogens is 494 g/mol. The van der Waals surface area contributed by atoms with E-state index in [2.05, 4.69) is 37.2 Å². The van der Waals surface area contributed by atoms with Gasteiger partial charge in [-0.25, -0.2) is 0 Å². The highest BCUT2D eigenvalue weighted by atomic mass is 32.2. The van der Waals surface area contributed by atoms with Crippen molar-refractivity contribution in [1.29, 1.82) is 0 Å². The monoisotopic (exact) mass is 521 g/mol. The molecular formula is C30H27N5O2S. The van der Waals surface area contributed by atoms with E-state index < -0.39 is 0 Å². The molecule has 2 aromatic heterocycles. The lowest BCUT2D eigenvalue weighted by Crippen LogP contribution is -2.22. The molecule has 2 heterocycles. The molecule has 0 unspecified atom stereocenters. The number of nitrogens with zero attached hydrogens (tertiary/aromatic N) is 4. The molecule has 190 valence electrons. The molecule has 38 heavy (non-hydrogen) atoms. The van der Waals surface area contributed by atoms with Gasteiger partial charge in [0.15, 0.2) is 5.16 Å². The summed E-state index contributed by atoms with van der Waals surface area (Å²) in [4.78, 5) is 16.5. The number of methoxy groups -OCH3 is 1. The van der Waals surface area contributed by atoms with Crippen molar-refractivity contribution in [2.45, 2.75) is 23.9 Å². The summed E-state index contributed by atoms with van der Waals surface area (Å²) in [6, 6.07) is 29.6. The molecule has 1 amide bonds. The molecule has 3 aromatic carbocycles. The van der Waals surface area contributed by atoms with Crippen LogP contribution in [0.4, 0.5) is 0 Å². The van der Waals surface area contributed by atoms with Crippen molar-refractivity contribution in [3.63, 3.8) is 0 Å². The number of carbonyl (C=O) groups excluding carboxylic acids is 1. The lowest BCUT2D eigenvalue weighted by molar-refractivity contribution is 0.0951. The molecule has 0 radical (unpaired) electrons. The van der Waals surface area contributed by atoms with E-state index in [1.165, 1.54) is 5.56 Å². The van der Waals surface area contributed by atoms with Crippen LogP contribution >= 0.6 is 11.8 Å². The summed E-state index contributed by atoms with van der Waals surface area (Å²) in [5, 5.41) is 12.8. The lowest BCUT2D eigenvalue weighted by Gasteiger charge is -2.11. The molecule has 0 fully saturated rings. The van der Waals surface area contributed by atoms with Gasteiger partial charge in [-0.05, 0) is 65.2 Å². The summed E-state index contributed by atoms with van der Waals surface area (Å²) in [7, 11) is 1.66. The van der Waals surface area contributed by atoms with E-state index in [0.717, 1.165) is 33.5 Å². The quantitative estimate of drug-likeness (QED) is 0.245. The number of ether oxygens (including phenoxy) is 1. The van der Waals surface area contributed by atoms with Gasteiger partial charge in [0.05, 0.1) is 7.11 Å². The van der Waals surface area contributed by atoms with Crippen LogP contribution in [0.25, 0.3) is 5.69 Å². The Morgan fingerprint density at radius 2 is 1.58 bits per heavy atom. The van der Waals surface area contributed by atoms with Gasteiger partial charge in [-0.15, -0.1) is 10.2 Å². The Hall–Kier alpha value is -4.43. The standard InChI is InChI=1S/C30H27N5O2S/c1-37-27-13-11-26(12-14-27)35-28(19-22-5-3-2-4-6-22)33-34-30(35)38-21-24-7-9-25(10-8-24)29(36)32-20-23-15-17-31-18-16-23/h2-18H,19-21H2,1H3,(H,32,36). The van der Waals surface area contributed by atoms with Gasteiger partial charge in [0.2, 0.25) is 0 Å². The number of carbonyl (C=O) groups is 1. The highest BCUT2D eigenvalue weighted by Gasteiger charge is 2.16. The minimum atomic E-state index is -0.106. The Morgan fingerprint density at radius 1 is 0.842 bits per heavy atom. The molecule has 0 aliphatic heterocycles. The average Bonchev–Trinajstić information content (AvgIpc) is 3.38. The Morgan fingerprint density at radius 3 is 2.29 bits per heavy atom. The van der Waals surface area contributed by atoms with E-state index in [1.54, 1.807) is 31.3 Å². The number of hydrogen-bond acceptors (Lipinski definition) is 6. The molecule has 0 aliphatic rings. The van der Waals surface area contributed by atoms with Crippen LogP contribution < -0.4 is 10.1 Å². The summed E-state index contributed by atoms with van der Waals surface area (Å²) < 4.78 is 7.43. The number of rotatable bonds is 10. The second kappa shape index (κ2) is 12.2. The summed E-state index contributed by atoms with van der Waals surface area (Å²) in [6.45, 7) is 0.464. The molecule has 5 rings (SSSR count). The van der Waals surface area contributed by atoms with Gasteiger partial charge in [0.1, 0.15) is 11.6 Å². The minimum Gasteiger partial charge on any atom is -0.497 e. The van der Waals surface area contributed by atoms with Crippen LogP contribution in [0, 0.1) is 0 Å². The van der Waals surface area contributed by atoms with Crippen LogP contribution in [0.1, 0.15) is 32.9 Å². The van der Waals surface area contributed by atoms with Gasteiger partial charge in [-0.1, -0.05) is 54.2 Å². The smallest absolute Gasteiger partial charge is 0.251 e. The van der Waals surface area contributed by atoms with Gasteiger partial charge in [0.25, 0.3) is 5.91 Å². The van der Waals surface area contributed by atoms with Crippen LogP contribution in [0.2, 0.25) is 0 Å². The van der Waals surface area contributed by atoms with Crippen LogP contribution in [-0.4, -0.2) is 32.8 Å². The zero-order valence-electron chi connectivity index (χ0n) is 20.9. The maximum Gasteiger partial charge on any atom is 0.251 e. The topological polar surface area (TPSA) is 81.9 Å². The number of thioether (sulfide) groups is 1. The highest BCUT2D eigenvalue weighted by Crippen LogP contribution is 2.27. The van der Waals surface area contributed by atoms with Crippen molar-refractivity contribution in [3.8, 4) is 11.4 Å². The van der Waals surface area contributed by atoms with E-state index >= 15 is 0 Å². The van der Waals surface area contributed by atoms with E-state index in [0.29, 0.717) is 24.3 Å². The van der Waals surface area contributed by atoms with Crippen molar-refractivity contribution in [2.24, 2.45) is 0 Å². The molecule has 1 N–H and O–H groups in total. The third-order valence-electron chi connectivity index (χ3n) is 6.02. The predicted octanol–water partition coefficient (Wildman–Crippen LogP) is 5.48. The van der Waals surface area contributed by atoms with Crippen LogP contribution in [0.3, 0.4) is 0 Å². The van der Waals surface area contributed by atoms with E-state index in [-0.39, 0.29) is 5.91 Å². The molecule has 0 bridgehead atoms. The summed E-state index contributed by atoms with van der Waals surface area (Å²) >= 11 is 1.61. The second-order valence-electron chi connectivity index (χ2n) is 8.62. The molecule has 0 saturated heterocycles. The van der Waals surface area contributed by atoms with Crippen molar-refractivity contribution >= 4 is 17.7 Å². The third-order valence-corrected chi connectivity index (χ3v) is 7.02. The van der Waals surface area contributed by atoms with E-state index in [9.17, 15) is 4.79 Å². The van der Waals surface area contributed by atoms with Gasteiger partial charge in [-0.3, -0.25) is 14.3 Å². The number of hydrogen-bond donors (Lipinski definition) is 1. The summed E-state index contributed by atoms with van der Waals surface area (Å²) in [6.07, 6.45) is 4.10. The number of pyridine rings is 1. The van der Waals surface area contributed by atoms with Crippen molar-refractivity contribution < 1.29 is 9.53 Å². The summed E-state index contributed by atoms with van der Waals surface area (Å²) in [5.41, 5.74) is 4.87. The SMILES string of the molecule is COc1ccc(-n2c(Cc3ccccc3)nnc2SCc2ccc(C(=O)NCc3ccncc3)cc2)cc1. The first-order valence-corrected chi connectivity index (χ1v) is 13.2. The van der Waals surface area contributed by atoms with Gasteiger partial charge >= 0.3 is 0 Å². The number of aromatic nitrogens is 4. The molecule has 0 spiro atoms. The first-order chi connectivity index (χ1) is 18.7. The maximum atomic E-state index is 12.5. The largest absolute Gasteiger partial charge is 0.497 e. The van der Waals surface area contributed by atoms with Gasteiger partial charge < -0.3 is 10.1 Å². The Labute approximate surface area is 225 Å². The predicted molar refractivity (Wildman–Crippen MR) is 149 cm³/mol. The van der Waals surface area contributed by atoms with Crippen LogP contribution in [-0.2, 0) is 18.7 Å². The fraction of sp³-hybridized carbons (Fsp3) is 0.133. The second-order valence-corrected chi connectivity index (χ2v) is 9.56. The fourth-order valence-electron chi connectivity index (χ4n) is 3.96. The molecule has 0 aliphatic carbocycles. The van der Waals surface area contributed by atoms with Crippen molar-refractivity contribution in [1.82, 2.24) is 25.1 Å². The maximum absolute atomic E-state index is 12.5. The lowest BCUT2D eigenvalue weighted by atomic mass is 10.1. The van der Waals surface area contributed by atoms with E-state index in [4.69, 9.17) is 4.74 Å². The zero-order chi connectivity index (χ0) is 26.2. The molecule has 7 nitrogen and oxygen atoms in total. The number of nitrogens with one attached hydrogen (secondary N) is 1. The zero-order valence-corrected chi connectivity index (χ0v) is 21.8.